The zero-order chi connectivity index (χ0) is 13.1. The fraction of sp³-hybridized carbons (Fsp3) is 0.600. The Morgan fingerprint density at radius 2 is 1.95 bits per heavy atom. The van der Waals surface area contributed by atoms with E-state index < -0.39 is 0 Å². The second-order valence-corrected chi connectivity index (χ2v) is 5.64. The number of fused-ring (bicyclic) bond motifs is 1. The molecule has 4 heteroatoms. The Kier molecular flexibility index (Phi) is 3.73. The van der Waals surface area contributed by atoms with Crippen molar-refractivity contribution in [2.24, 2.45) is 5.73 Å². The lowest BCUT2D eigenvalue weighted by Crippen LogP contribution is -2.53. The molecule has 4 nitrogen and oxygen atoms in total. The van der Waals surface area contributed by atoms with Crippen LogP contribution in [0.5, 0.6) is 5.75 Å². The highest BCUT2D eigenvalue weighted by Crippen LogP contribution is 2.25. The number of hydrogen-bond donors (Lipinski definition) is 1. The zero-order valence-electron chi connectivity index (χ0n) is 11.3. The van der Waals surface area contributed by atoms with E-state index in [2.05, 4.69) is 17.0 Å². The van der Waals surface area contributed by atoms with Crippen LogP contribution in [0.2, 0.25) is 0 Å². The quantitative estimate of drug-likeness (QED) is 0.875. The van der Waals surface area contributed by atoms with Crippen molar-refractivity contribution in [2.45, 2.75) is 24.9 Å². The van der Waals surface area contributed by atoms with Crippen LogP contribution in [0.3, 0.4) is 0 Å². The molecule has 0 aromatic heterocycles. The van der Waals surface area contributed by atoms with Gasteiger partial charge in [0, 0.05) is 44.0 Å². The highest BCUT2D eigenvalue weighted by atomic mass is 16.5. The van der Waals surface area contributed by atoms with E-state index in [4.69, 9.17) is 15.2 Å². The zero-order valence-corrected chi connectivity index (χ0v) is 11.3. The van der Waals surface area contributed by atoms with Crippen molar-refractivity contribution in [1.29, 1.82) is 0 Å². The summed E-state index contributed by atoms with van der Waals surface area (Å²) in [6.07, 6.45) is 1.90. The minimum Gasteiger partial charge on any atom is -0.492 e. The Morgan fingerprint density at radius 3 is 2.79 bits per heavy atom. The third kappa shape index (κ3) is 3.08. The van der Waals surface area contributed by atoms with Crippen LogP contribution in [0.1, 0.15) is 18.4 Å². The monoisotopic (exact) mass is 262 g/mol. The molecule has 0 atom stereocenters. The maximum atomic E-state index is 6.50. The molecular formula is C15H22N2O2. The second-order valence-electron chi connectivity index (χ2n) is 5.64. The summed E-state index contributed by atoms with van der Waals surface area (Å²) in [5.74, 6) is 1.02. The molecule has 1 aromatic carbocycles. The maximum Gasteiger partial charge on any atom is 0.123 e. The first kappa shape index (κ1) is 12.9. The number of nitrogens with two attached hydrogens (primary N) is 1. The van der Waals surface area contributed by atoms with Gasteiger partial charge in [-0.05, 0) is 18.9 Å². The van der Waals surface area contributed by atoms with Crippen molar-refractivity contribution in [2.75, 3.05) is 32.9 Å². The first-order valence-electron chi connectivity index (χ1n) is 7.05. The van der Waals surface area contributed by atoms with Gasteiger partial charge in [-0.15, -0.1) is 0 Å². The predicted octanol–water partition coefficient (Wildman–Crippen LogP) is 1.39. The third-order valence-electron chi connectivity index (χ3n) is 4.06. The van der Waals surface area contributed by atoms with Crippen molar-refractivity contribution in [3.8, 4) is 5.75 Å². The molecular weight excluding hydrogens is 240 g/mol. The SMILES string of the molecule is NC1(CN2CCOc3ccccc3C2)CCOCC1. The minimum absolute atomic E-state index is 0.0997. The van der Waals surface area contributed by atoms with Crippen LogP contribution in [-0.2, 0) is 11.3 Å². The van der Waals surface area contributed by atoms with E-state index in [-0.39, 0.29) is 5.54 Å². The molecule has 2 N–H and O–H groups in total. The average molecular weight is 262 g/mol. The van der Waals surface area contributed by atoms with Crippen LogP contribution in [0.15, 0.2) is 24.3 Å². The van der Waals surface area contributed by atoms with Crippen molar-refractivity contribution >= 4 is 0 Å². The summed E-state index contributed by atoms with van der Waals surface area (Å²) in [5.41, 5.74) is 7.66. The Labute approximate surface area is 114 Å². The van der Waals surface area contributed by atoms with Gasteiger partial charge < -0.3 is 15.2 Å². The molecule has 0 unspecified atom stereocenters. The van der Waals surface area contributed by atoms with Crippen LogP contribution in [0.25, 0.3) is 0 Å². The lowest BCUT2D eigenvalue weighted by atomic mass is 9.90. The van der Waals surface area contributed by atoms with E-state index in [9.17, 15) is 0 Å². The molecule has 1 aromatic rings. The molecule has 1 saturated heterocycles. The molecule has 104 valence electrons. The lowest BCUT2D eigenvalue weighted by molar-refractivity contribution is 0.0358. The van der Waals surface area contributed by atoms with Gasteiger partial charge in [-0.3, -0.25) is 4.90 Å². The standard InChI is InChI=1S/C15H22N2O2/c16-15(5-8-18-9-6-15)12-17-7-10-19-14-4-2-1-3-13(14)11-17/h1-4H,5-12,16H2. The molecule has 3 rings (SSSR count). The van der Waals surface area contributed by atoms with E-state index in [0.29, 0.717) is 0 Å². The Bertz CT molecular complexity index is 430. The summed E-state index contributed by atoms with van der Waals surface area (Å²) in [5, 5.41) is 0. The van der Waals surface area contributed by atoms with Crippen molar-refractivity contribution in [3.63, 3.8) is 0 Å². The summed E-state index contributed by atoms with van der Waals surface area (Å²) in [7, 11) is 0. The lowest BCUT2D eigenvalue weighted by Gasteiger charge is -2.37. The number of rotatable bonds is 2. The molecule has 0 amide bonds. The largest absolute Gasteiger partial charge is 0.492 e. The van der Waals surface area contributed by atoms with Crippen LogP contribution < -0.4 is 10.5 Å². The molecule has 0 saturated carbocycles. The summed E-state index contributed by atoms with van der Waals surface area (Å²) in [4.78, 5) is 2.41. The molecule has 0 radical (unpaired) electrons. The topological polar surface area (TPSA) is 47.7 Å². The van der Waals surface area contributed by atoms with Crippen LogP contribution in [-0.4, -0.2) is 43.3 Å². The summed E-state index contributed by atoms with van der Waals surface area (Å²) in [6.45, 7) is 5.11. The van der Waals surface area contributed by atoms with Gasteiger partial charge >= 0.3 is 0 Å². The van der Waals surface area contributed by atoms with Crippen LogP contribution >= 0.6 is 0 Å². The van der Waals surface area contributed by atoms with Crippen molar-refractivity contribution < 1.29 is 9.47 Å². The summed E-state index contributed by atoms with van der Waals surface area (Å²) < 4.78 is 11.2. The predicted molar refractivity (Wildman–Crippen MR) is 74.2 cm³/mol. The van der Waals surface area contributed by atoms with Gasteiger partial charge in [-0.1, -0.05) is 18.2 Å². The smallest absolute Gasteiger partial charge is 0.123 e. The Morgan fingerprint density at radius 1 is 1.16 bits per heavy atom. The number of para-hydroxylation sites is 1. The molecule has 0 bridgehead atoms. The van der Waals surface area contributed by atoms with Crippen LogP contribution in [0.4, 0.5) is 0 Å². The molecule has 2 aliphatic rings. The van der Waals surface area contributed by atoms with E-state index in [1.807, 2.05) is 12.1 Å². The molecule has 1 fully saturated rings. The number of benzene rings is 1. The number of ether oxygens (including phenoxy) is 2. The summed E-state index contributed by atoms with van der Waals surface area (Å²) in [6, 6.07) is 8.28. The molecule has 2 heterocycles. The third-order valence-corrected chi connectivity index (χ3v) is 4.06. The Hall–Kier alpha value is -1.10. The van der Waals surface area contributed by atoms with E-state index in [1.165, 1.54) is 5.56 Å². The first-order valence-corrected chi connectivity index (χ1v) is 7.05. The van der Waals surface area contributed by atoms with Gasteiger partial charge in [0.05, 0.1) is 0 Å². The van der Waals surface area contributed by atoms with Gasteiger partial charge in [-0.25, -0.2) is 0 Å². The highest BCUT2D eigenvalue weighted by molar-refractivity contribution is 5.33. The molecule has 2 aliphatic heterocycles. The van der Waals surface area contributed by atoms with E-state index >= 15 is 0 Å². The van der Waals surface area contributed by atoms with Gasteiger partial charge in [-0.2, -0.15) is 0 Å². The average Bonchev–Trinajstić information content (AvgIpc) is 2.60. The Balaban J connectivity index is 1.69. The van der Waals surface area contributed by atoms with Gasteiger partial charge in [0.25, 0.3) is 0 Å². The molecule has 19 heavy (non-hydrogen) atoms. The minimum atomic E-state index is -0.0997. The normalized spacial score (nSPS) is 23.2. The highest BCUT2D eigenvalue weighted by Gasteiger charge is 2.31. The number of hydrogen-bond acceptors (Lipinski definition) is 4. The van der Waals surface area contributed by atoms with Crippen molar-refractivity contribution in [1.82, 2.24) is 4.90 Å². The van der Waals surface area contributed by atoms with Crippen LogP contribution in [0, 0.1) is 0 Å². The summed E-state index contributed by atoms with van der Waals surface area (Å²) >= 11 is 0. The second kappa shape index (κ2) is 5.49. The van der Waals surface area contributed by atoms with E-state index in [1.54, 1.807) is 0 Å². The fourth-order valence-corrected chi connectivity index (χ4v) is 2.90. The molecule has 0 spiro atoms. The van der Waals surface area contributed by atoms with Gasteiger partial charge in [0.2, 0.25) is 0 Å². The van der Waals surface area contributed by atoms with Gasteiger partial charge in [0.1, 0.15) is 12.4 Å². The van der Waals surface area contributed by atoms with Crippen molar-refractivity contribution in [3.05, 3.63) is 29.8 Å². The van der Waals surface area contributed by atoms with Gasteiger partial charge in [0.15, 0.2) is 0 Å². The fourth-order valence-electron chi connectivity index (χ4n) is 2.90. The maximum absolute atomic E-state index is 6.50. The number of nitrogens with zero attached hydrogens (tertiary/aromatic N) is 1. The molecule has 0 aliphatic carbocycles. The van der Waals surface area contributed by atoms with E-state index in [0.717, 1.165) is 58.0 Å². The first-order chi connectivity index (χ1) is 9.25.